The molecule has 0 saturated carbocycles. The van der Waals surface area contributed by atoms with Gasteiger partial charge in [0.15, 0.2) is 0 Å². The number of amides is 2. The summed E-state index contributed by atoms with van der Waals surface area (Å²) in [7, 11) is 0. The number of hydrogen-bond donors (Lipinski definition) is 2. The molecule has 2 rings (SSSR count). The van der Waals surface area contributed by atoms with Crippen molar-refractivity contribution in [3.63, 3.8) is 0 Å². The number of allylic oxidation sites excluding steroid dienone is 1. The molecule has 0 radical (unpaired) electrons. The third-order valence-electron chi connectivity index (χ3n) is 2.97. The van der Waals surface area contributed by atoms with E-state index in [2.05, 4.69) is 15.8 Å². The summed E-state index contributed by atoms with van der Waals surface area (Å²) in [5.74, 6) is -0.844. The summed E-state index contributed by atoms with van der Waals surface area (Å²) >= 11 is 5.91. The lowest BCUT2D eigenvalue weighted by Crippen LogP contribution is -2.35. The minimum atomic E-state index is -0.431. The maximum Gasteiger partial charge on any atom is 0.259 e. The summed E-state index contributed by atoms with van der Waals surface area (Å²) in [6, 6.07) is 16.3. The van der Waals surface area contributed by atoms with Gasteiger partial charge in [0.25, 0.3) is 11.8 Å². The van der Waals surface area contributed by atoms with E-state index in [9.17, 15) is 9.59 Å². The summed E-state index contributed by atoms with van der Waals surface area (Å²) in [5, 5.41) is 6.58. The van der Waals surface area contributed by atoms with Crippen LogP contribution in [0.3, 0.4) is 0 Å². The zero-order chi connectivity index (χ0) is 17.2. The van der Waals surface area contributed by atoms with E-state index in [1.807, 2.05) is 36.4 Å². The Kier molecular flexibility index (Phi) is 6.73. The van der Waals surface area contributed by atoms with Crippen molar-refractivity contribution in [3.05, 3.63) is 76.8 Å². The van der Waals surface area contributed by atoms with Crippen molar-refractivity contribution in [1.29, 1.82) is 0 Å². The molecule has 0 aliphatic heterocycles. The van der Waals surface area contributed by atoms with E-state index in [0.29, 0.717) is 10.6 Å². The van der Waals surface area contributed by atoms with E-state index in [0.717, 1.165) is 5.56 Å². The Labute approximate surface area is 145 Å². The summed E-state index contributed by atoms with van der Waals surface area (Å²) in [6.07, 6.45) is 5.02. The maximum absolute atomic E-state index is 11.9. The Morgan fingerprint density at radius 3 is 2.50 bits per heavy atom. The fraction of sp³-hybridized carbons (Fsp3) is 0.0556. The quantitative estimate of drug-likeness (QED) is 0.626. The number of hydrogen-bond acceptors (Lipinski definition) is 3. The summed E-state index contributed by atoms with van der Waals surface area (Å²) in [5.41, 5.74) is 3.67. The van der Waals surface area contributed by atoms with Crippen LogP contribution in [0.15, 0.2) is 65.8 Å². The third kappa shape index (κ3) is 5.70. The second-order valence-electron chi connectivity index (χ2n) is 4.75. The molecule has 0 atom stereocenters. The lowest BCUT2D eigenvalue weighted by Gasteiger charge is -2.05. The van der Waals surface area contributed by atoms with Crippen molar-refractivity contribution in [2.24, 2.45) is 5.10 Å². The summed E-state index contributed by atoms with van der Waals surface area (Å²) < 4.78 is 0. The first-order valence-corrected chi connectivity index (χ1v) is 7.61. The predicted molar refractivity (Wildman–Crippen MR) is 95.9 cm³/mol. The third-order valence-corrected chi connectivity index (χ3v) is 3.30. The average molecular weight is 342 g/mol. The van der Waals surface area contributed by atoms with Gasteiger partial charge in [0, 0.05) is 6.21 Å². The van der Waals surface area contributed by atoms with Gasteiger partial charge < -0.3 is 5.32 Å². The van der Waals surface area contributed by atoms with Crippen molar-refractivity contribution in [1.82, 2.24) is 10.7 Å². The molecule has 2 aromatic rings. The van der Waals surface area contributed by atoms with Gasteiger partial charge in [-0.15, -0.1) is 0 Å². The van der Waals surface area contributed by atoms with Crippen molar-refractivity contribution in [3.8, 4) is 0 Å². The zero-order valence-corrected chi connectivity index (χ0v) is 13.5. The van der Waals surface area contributed by atoms with Gasteiger partial charge in [0.05, 0.1) is 17.1 Å². The van der Waals surface area contributed by atoms with Crippen LogP contribution in [0.4, 0.5) is 0 Å². The highest BCUT2D eigenvalue weighted by molar-refractivity contribution is 6.33. The normalized spacial score (nSPS) is 10.9. The van der Waals surface area contributed by atoms with Crippen molar-refractivity contribution in [2.75, 3.05) is 6.54 Å². The SMILES string of the molecule is O=C(CNC(=O)c1ccccc1Cl)N/N=C\C=C\c1ccccc1. The topological polar surface area (TPSA) is 70.6 Å². The molecule has 0 fully saturated rings. The summed E-state index contributed by atoms with van der Waals surface area (Å²) in [6.45, 7) is -0.191. The average Bonchev–Trinajstić information content (AvgIpc) is 2.60. The molecular formula is C18H16ClN3O2. The lowest BCUT2D eigenvalue weighted by molar-refractivity contribution is -0.120. The standard InChI is InChI=1S/C18H16ClN3O2/c19-16-11-5-4-10-15(16)18(24)20-13-17(23)22-21-12-6-9-14-7-2-1-3-8-14/h1-12H,13H2,(H,20,24)(H,22,23)/b9-6+,21-12-. The highest BCUT2D eigenvalue weighted by Gasteiger charge is 2.10. The van der Waals surface area contributed by atoms with Crippen LogP contribution in [0.25, 0.3) is 6.08 Å². The molecule has 0 saturated heterocycles. The van der Waals surface area contributed by atoms with Crippen LogP contribution in [-0.4, -0.2) is 24.6 Å². The molecule has 24 heavy (non-hydrogen) atoms. The number of benzene rings is 2. The van der Waals surface area contributed by atoms with Crippen LogP contribution in [0, 0.1) is 0 Å². The van der Waals surface area contributed by atoms with E-state index in [-0.39, 0.29) is 6.54 Å². The van der Waals surface area contributed by atoms with Crippen LogP contribution in [0.5, 0.6) is 0 Å². The number of nitrogens with one attached hydrogen (secondary N) is 2. The number of carbonyl (C=O) groups excluding carboxylic acids is 2. The molecule has 2 N–H and O–H groups in total. The van der Waals surface area contributed by atoms with E-state index in [1.165, 1.54) is 6.21 Å². The number of halogens is 1. The molecule has 0 heterocycles. The molecular weight excluding hydrogens is 326 g/mol. The molecule has 6 heteroatoms. The van der Waals surface area contributed by atoms with Crippen LogP contribution < -0.4 is 10.7 Å². The molecule has 0 aliphatic rings. The molecule has 0 unspecified atom stereocenters. The largest absolute Gasteiger partial charge is 0.343 e. The molecule has 0 aromatic heterocycles. The van der Waals surface area contributed by atoms with E-state index >= 15 is 0 Å². The van der Waals surface area contributed by atoms with Crippen LogP contribution in [0.1, 0.15) is 15.9 Å². The lowest BCUT2D eigenvalue weighted by atomic mass is 10.2. The number of rotatable bonds is 6. The van der Waals surface area contributed by atoms with Crippen LogP contribution in [-0.2, 0) is 4.79 Å². The molecule has 2 aromatic carbocycles. The maximum atomic E-state index is 11.9. The minimum absolute atomic E-state index is 0.191. The van der Waals surface area contributed by atoms with Gasteiger partial charge in [-0.2, -0.15) is 5.10 Å². The molecule has 0 spiro atoms. The molecule has 0 aliphatic carbocycles. The highest BCUT2D eigenvalue weighted by Crippen LogP contribution is 2.14. The van der Waals surface area contributed by atoms with Crippen molar-refractivity contribution in [2.45, 2.75) is 0 Å². The second kappa shape index (κ2) is 9.27. The fourth-order valence-electron chi connectivity index (χ4n) is 1.81. The Hall–Kier alpha value is -2.92. The molecule has 2 amide bonds. The smallest absolute Gasteiger partial charge is 0.259 e. The van der Waals surface area contributed by atoms with Crippen molar-refractivity contribution >= 4 is 35.7 Å². The highest BCUT2D eigenvalue weighted by atomic mass is 35.5. The van der Waals surface area contributed by atoms with Crippen LogP contribution in [0.2, 0.25) is 5.02 Å². The Morgan fingerprint density at radius 1 is 1.04 bits per heavy atom. The monoisotopic (exact) mass is 341 g/mol. The first-order chi connectivity index (χ1) is 11.7. The Bertz CT molecular complexity index is 758. The van der Waals surface area contributed by atoms with Gasteiger partial charge in [-0.3, -0.25) is 9.59 Å². The molecule has 5 nitrogen and oxygen atoms in total. The van der Waals surface area contributed by atoms with Gasteiger partial charge >= 0.3 is 0 Å². The summed E-state index contributed by atoms with van der Waals surface area (Å²) in [4.78, 5) is 23.5. The Morgan fingerprint density at radius 2 is 1.75 bits per heavy atom. The predicted octanol–water partition coefficient (Wildman–Crippen LogP) is 2.89. The van der Waals surface area contributed by atoms with E-state index < -0.39 is 11.8 Å². The first-order valence-electron chi connectivity index (χ1n) is 7.23. The number of carbonyl (C=O) groups is 2. The van der Waals surface area contributed by atoms with Gasteiger partial charge in [0.1, 0.15) is 0 Å². The molecule has 122 valence electrons. The van der Waals surface area contributed by atoms with Gasteiger partial charge in [0.2, 0.25) is 0 Å². The zero-order valence-electron chi connectivity index (χ0n) is 12.8. The van der Waals surface area contributed by atoms with Gasteiger partial charge in [-0.1, -0.05) is 60.1 Å². The van der Waals surface area contributed by atoms with E-state index in [4.69, 9.17) is 11.6 Å². The number of nitrogens with zero attached hydrogens (tertiary/aromatic N) is 1. The fourth-order valence-corrected chi connectivity index (χ4v) is 2.03. The second-order valence-corrected chi connectivity index (χ2v) is 5.15. The van der Waals surface area contributed by atoms with Gasteiger partial charge in [-0.25, -0.2) is 5.43 Å². The first kappa shape index (κ1) is 17.4. The Balaban J connectivity index is 1.73. The number of hydrazone groups is 1. The molecule has 0 bridgehead atoms. The van der Waals surface area contributed by atoms with E-state index in [1.54, 1.807) is 30.3 Å². The minimum Gasteiger partial charge on any atom is -0.343 e. The van der Waals surface area contributed by atoms with Crippen molar-refractivity contribution < 1.29 is 9.59 Å². The van der Waals surface area contributed by atoms with Gasteiger partial charge in [-0.05, 0) is 23.8 Å². The van der Waals surface area contributed by atoms with Crippen LogP contribution >= 0.6 is 11.6 Å².